The zero-order valence-electron chi connectivity index (χ0n) is 21.2. The maximum Gasteiger partial charge on any atom is 0.243 e. The van der Waals surface area contributed by atoms with E-state index in [9.17, 15) is 8.42 Å². The molecular weight excluding hydrogens is 482 g/mol. The summed E-state index contributed by atoms with van der Waals surface area (Å²) in [5.74, 6) is 1.76. The molecule has 3 aromatic rings. The Balaban J connectivity index is 1.77. The number of sulfonamides is 1. The second-order valence-corrected chi connectivity index (χ2v) is 11.1. The molecule has 0 radical (unpaired) electrons. The Hall–Kier alpha value is -3.25. The lowest BCUT2D eigenvalue weighted by molar-refractivity contribution is 0.388. The van der Waals surface area contributed by atoms with E-state index in [-0.39, 0.29) is 11.9 Å². The van der Waals surface area contributed by atoms with Crippen LogP contribution < -0.4 is 19.5 Å². The smallest absolute Gasteiger partial charge is 0.243 e. The first-order valence-electron chi connectivity index (χ1n) is 11.9. The highest BCUT2D eigenvalue weighted by atomic mass is 32.2. The standard InChI is InChI=1S/C24H33N7O4S/c1-15-12-26-22(27-13-15)16(2)17(3)36(32,33)30-24-29-28-23(18-8-7-11-25-14-18)31(24)21-19(34-4)9-6-10-20(21)35-5/h6,9-10,12-13,16-18,25H,7-8,11,14H2,1-5H3,(H,29,30)/t16?,17?,18-/m1/s1. The van der Waals surface area contributed by atoms with E-state index in [1.165, 1.54) is 0 Å². The number of hydrogen-bond donors (Lipinski definition) is 2. The third-order valence-electron chi connectivity index (χ3n) is 6.61. The number of aryl methyl sites for hydroxylation is 1. The predicted octanol–water partition coefficient (Wildman–Crippen LogP) is 2.78. The number of para-hydroxylation sites is 1. The van der Waals surface area contributed by atoms with Gasteiger partial charge in [-0.1, -0.05) is 13.0 Å². The second kappa shape index (κ2) is 10.8. The van der Waals surface area contributed by atoms with Crippen molar-refractivity contribution in [3.63, 3.8) is 0 Å². The number of nitrogens with zero attached hydrogens (tertiary/aromatic N) is 5. The number of hydrogen-bond acceptors (Lipinski definition) is 9. The summed E-state index contributed by atoms with van der Waals surface area (Å²) in [4.78, 5) is 8.64. The van der Waals surface area contributed by atoms with Crippen molar-refractivity contribution in [3.8, 4) is 17.2 Å². The topological polar surface area (TPSA) is 133 Å². The molecule has 3 heterocycles. The van der Waals surface area contributed by atoms with Crippen LogP contribution in [-0.2, 0) is 10.0 Å². The van der Waals surface area contributed by atoms with Crippen LogP contribution >= 0.6 is 0 Å². The van der Waals surface area contributed by atoms with E-state index in [1.54, 1.807) is 57.2 Å². The first-order chi connectivity index (χ1) is 17.3. The Morgan fingerprint density at radius 1 is 1.11 bits per heavy atom. The van der Waals surface area contributed by atoms with Crippen LogP contribution in [0.25, 0.3) is 5.69 Å². The minimum Gasteiger partial charge on any atom is -0.494 e. The van der Waals surface area contributed by atoms with Crippen LogP contribution in [0.3, 0.4) is 0 Å². The molecule has 1 fully saturated rings. The summed E-state index contributed by atoms with van der Waals surface area (Å²) in [5.41, 5.74) is 1.44. The first-order valence-corrected chi connectivity index (χ1v) is 13.5. The number of piperidine rings is 1. The third kappa shape index (κ3) is 5.14. The second-order valence-electron chi connectivity index (χ2n) is 9.03. The lowest BCUT2D eigenvalue weighted by atomic mass is 9.98. The summed E-state index contributed by atoms with van der Waals surface area (Å²) < 4.78 is 42.7. The van der Waals surface area contributed by atoms with Gasteiger partial charge < -0.3 is 14.8 Å². The summed E-state index contributed by atoms with van der Waals surface area (Å²) in [6, 6.07) is 5.39. The predicted molar refractivity (Wildman–Crippen MR) is 136 cm³/mol. The molecule has 4 rings (SSSR count). The number of anilines is 1. The van der Waals surface area contributed by atoms with E-state index < -0.39 is 21.2 Å². The fourth-order valence-corrected chi connectivity index (χ4v) is 5.54. The Labute approximate surface area is 211 Å². The molecule has 36 heavy (non-hydrogen) atoms. The first kappa shape index (κ1) is 25.8. The highest BCUT2D eigenvalue weighted by Crippen LogP contribution is 2.38. The van der Waals surface area contributed by atoms with E-state index >= 15 is 0 Å². The number of methoxy groups -OCH3 is 2. The Bertz CT molecular complexity index is 1270. The maximum absolute atomic E-state index is 13.5. The third-order valence-corrected chi connectivity index (χ3v) is 8.47. The van der Waals surface area contributed by atoms with E-state index in [1.807, 2.05) is 13.0 Å². The van der Waals surface area contributed by atoms with Crippen LogP contribution in [-0.4, -0.2) is 65.7 Å². The molecule has 1 aliphatic rings. The fourth-order valence-electron chi connectivity index (χ4n) is 4.31. The lowest BCUT2D eigenvalue weighted by Gasteiger charge is -2.25. The van der Waals surface area contributed by atoms with Crippen LogP contribution in [0.4, 0.5) is 5.95 Å². The lowest BCUT2D eigenvalue weighted by Crippen LogP contribution is -2.32. The minimum atomic E-state index is -3.91. The summed E-state index contributed by atoms with van der Waals surface area (Å²) in [6.07, 6.45) is 5.24. The van der Waals surface area contributed by atoms with Crippen molar-refractivity contribution in [1.29, 1.82) is 0 Å². The monoisotopic (exact) mass is 515 g/mol. The molecule has 11 nitrogen and oxygen atoms in total. The van der Waals surface area contributed by atoms with Crippen molar-refractivity contribution in [2.75, 3.05) is 32.0 Å². The Morgan fingerprint density at radius 2 is 1.78 bits per heavy atom. The van der Waals surface area contributed by atoms with Crippen molar-refractivity contribution in [1.82, 2.24) is 30.0 Å². The highest BCUT2D eigenvalue weighted by Gasteiger charge is 2.33. The van der Waals surface area contributed by atoms with E-state index in [0.717, 1.165) is 24.9 Å². The van der Waals surface area contributed by atoms with Crippen LogP contribution in [0, 0.1) is 6.92 Å². The minimum absolute atomic E-state index is 0.0384. The molecule has 1 aromatic carbocycles. The van der Waals surface area contributed by atoms with Gasteiger partial charge in [-0.05, 0) is 50.9 Å². The van der Waals surface area contributed by atoms with Gasteiger partial charge in [0, 0.05) is 30.8 Å². The summed E-state index contributed by atoms with van der Waals surface area (Å²) in [5, 5.41) is 11.3. The van der Waals surface area contributed by atoms with Gasteiger partial charge in [0.1, 0.15) is 28.8 Å². The molecule has 1 aliphatic heterocycles. The van der Waals surface area contributed by atoms with Gasteiger partial charge in [0.25, 0.3) is 0 Å². The van der Waals surface area contributed by atoms with Gasteiger partial charge in [0.05, 0.1) is 19.5 Å². The highest BCUT2D eigenvalue weighted by molar-refractivity contribution is 7.93. The number of rotatable bonds is 9. The normalized spacial score (nSPS) is 17.9. The van der Waals surface area contributed by atoms with Crippen molar-refractivity contribution >= 4 is 16.0 Å². The molecule has 12 heteroatoms. The van der Waals surface area contributed by atoms with E-state index in [4.69, 9.17) is 9.47 Å². The van der Waals surface area contributed by atoms with Gasteiger partial charge in [0.2, 0.25) is 16.0 Å². The molecular formula is C24H33N7O4S. The zero-order chi connectivity index (χ0) is 25.9. The molecule has 0 aliphatic carbocycles. The molecule has 2 unspecified atom stereocenters. The average molecular weight is 516 g/mol. The zero-order valence-corrected chi connectivity index (χ0v) is 22.0. The summed E-state index contributed by atoms with van der Waals surface area (Å²) in [7, 11) is -0.798. The molecule has 194 valence electrons. The van der Waals surface area contributed by atoms with Gasteiger partial charge in [-0.2, -0.15) is 0 Å². The van der Waals surface area contributed by atoms with Crippen molar-refractivity contribution in [2.24, 2.45) is 0 Å². The van der Waals surface area contributed by atoms with Gasteiger partial charge in [-0.25, -0.2) is 18.4 Å². The van der Waals surface area contributed by atoms with Crippen LogP contribution in [0.15, 0.2) is 30.6 Å². The largest absolute Gasteiger partial charge is 0.494 e. The molecule has 1 saturated heterocycles. The van der Waals surface area contributed by atoms with Crippen molar-refractivity contribution < 1.29 is 17.9 Å². The van der Waals surface area contributed by atoms with E-state index in [2.05, 4.69) is 30.2 Å². The maximum atomic E-state index is 13.5. The molecule has 2 N–H and O–H groups in total. The van der Waals surface area contributed by atoms with Gasteiger partial charge in [-0.3, -0.25) is 9.29 Å². The molecule has 0 spiro atoms. The molecule has 0 saturated carbocycles. The molecule has 2 aromatic heterocycles. The summed E-state index contributed by atoms with van der Waals surface area (Å²) in [6.45, 7) is 6.95. The van der Waals surface area contributed by atoms with Crippen LogP contribution in [0.2, 0.25) is 0 Å². The van der Waals surface area contributed by atoms with Crippen LogP contribution in [0.1, 0.15) is 55.7 Å². The molecule has 3 atom stereocenters. The fraction of sp³-hybridized carbons (Fsp3) is 0.500. The number of nitrogens with one attached hydrogen (secondary N) is 2. The van der Waals surface area contributed by atoms with Crippen molar-refractivity contribution in [2.45, 2.75) is 50.7 Å². The van der Waals surface area contributed by atoms with Crippen LogP contribution in [0.5, 0.6) is 11.5 Å². The van der Waals surface area contributed by atoms with Gasteiger partial charge in [0.15, 0.2) is 0 Å². The average Bonchev–Trinajstić information content (AvgIpc) is 3.30. The Kier molecular flexibility index (Phi) is 7.74. The summed E-state index contributed by atoms with van der Waals surface area (Å²) >= 11 is 0. The van der Waals surface area contributed by atoms with Gasteiger partial charge >= 0.3 is 0 Å². The molecule has 0 amide bonds. The Morgan fingerprint density at radius 3 is 2.36 bits per heavy atom. The SMILES string of the molecule is COc1cccc(OC)c1-n1c(NS(=O)(=O)C(C)C(C)c2ncc(C)cn2)nnc1[C@@H]1CCCNC1. The quantitative estimate of drug-likeness (QED) is 0.441. The number of aromatic nitrogens is 5. The van der Waals surface area contributed by atoms with Crippen molar-refractivity contribution in [3.05, 3.63) is 47.8 Å². The van der Waals surface area contributed by atoms with E-state index in [0.29, 0.717) is 35.4 Å². The van der Waals surface area contributed by atoms with Gasteiger partial charge in [-0.15, -0.1) is 10.2 Å². The molecule has 0 bridgehead atoms. The number of ether oxygens (including phenoxy) is 2. The number of benzene rings is 1.